The van der Waals surface area contributed by atoms with Crippen molar-refractivity contribution >= 4 is 23.6 Å². The van der Waals surface area contributed by atoms with Gasteiger partial charge in [0.05, 0.1) is 5.92 Å². The highest BCUT2D eigenvalue weighted by atomic mass is 32.2. The van der Waals surface area contributed by atoms with E-state index in [1.807, 2.05) is 11.8 Å². The topological polar surface area (TPSA) is 66.4 Å². The summed E-state index contributed by atoms with van der Waals surface area (Å²) in [6, 6.07) is 0. The molecule has 110 valence electrons. The van der Waals surface area contributed by atoms with E-state index in [2.05, 4.69) is 11.6 Å². The molecule has 0 saturated heterocycles. The molecule has 1 aliphatic rings. The van der Waals surface area contributed by atoms with E-state index in [4.69, 9.17) is 5.11 Å². The minimum absolute atomic E-state index is 0.0517. The van der Waals surface area contributed by atoms with Gasteiger partial charge in [0, 0.05) is 12.5 Å². The van der Waals surface area contributed by atoms with Gasteiger partial charge in [-0.2, -0.15) is 11.8 Å². The zero-order chi connectivity index (χ0) is 14.1. The molecular formula is C14H25NO3S. The van der Waals surface area contributed by atoms with Crippen LogP contribution in [-0.4, -0.2) is 35.5 Å². The van der Waals surface area contributed by atoms with Gasteiger partial charge in [-0.05, 0) is 44.1 Å². The first-order valence-electron chi connectivity index (χ1n) is 7.14. The molecule has 1 fully saturated rings. The molecule has 1 aliphatic carbocycles. The van der Waals surface area contributed by atoms with Crippen LogP contribution >= 0.6 is 11.8 Å². The highest BCUT2D eigenvalue weighted by Gasteiger charge is 2.30. The van der Waals surface area contributed by atoms with Crippen molar-refractivity contribution in [2.75, 3.05) is 18.6 Å². The maximum atomic E-state index is 11.9. The van der Waals surface area contributed by atoms with Crippen molar-refractivity contribution in [3.8, 4) is 0 Å². The van der Waals surface area contributed by atoms with Gasteiger partial charge in [0.2, 0.25) is 5.91 Å². The second-order valence-corrected chi connectivity index (χ2v) is 6.23. The molecule has 1 saturated carbocycles. The van der Waals surface area contributed by atoms with Crippen molar-refractivity contribution in [1.82, 2.24) is 5.32 Å². The molecule has 0 radical (unpaired) electrons. The molecule has 1 amide bonds. The lowest BCUT2D eigenvalue weighted by Gasteiger charge is -2.25. The van der Waals surface area contributed by atoms with Crippen LogP contribution in [-0.2, 0) is 9.59 Å². The maximum Gasteiger partial charge on any atom is 0.306 e. The summed E-state index contributed by atoms with van der Waals surface area (Å²) in [6.45, 7) is 0.724. The number of aliphatic carboxylic acids is 1. The second kappa shape index (κ2) is 9.23. The fourth-order valence-electron chi connectivity index (χ4n) is 2.56. The standard InChI is InChI=1S/C14H25NO3S/c1-19-9-4-2-3-8-15-13(16)11-6-5-7-12(10-11)14(17)18/h11-12H,2-10H2,1H3,(H,15,16)(H,17,18). The summed E-state index contributed by atoms with van der Waals surface area (Å²) in [7, 11) is 0. The minimum atomic E-state index is -0.755. The molecule has 2 atom stereocenters. The Balaban J connectivity index is 2.16. The lowest BCUT2D eigenvalue weighted by atomic mass is 9.81. The van der Waals surface area contributed by atoms with E-state index >= 15 is 0 Å². The summed E-state index contributed by atoms with van der Waals surface area (Å²) in [5.74, 6) is 0.0501. The molecule has 19 heavy (non-hydrogen) atoms. The second-order valence-electron chi connectivity index (χ2n) is 5.24. The Bertz CT molecular complexity index is 296. The minimum Gasteiger partial charge on any atom is -0.481 e. The first-order valence-corrected chi connectivity index (χ1v) is 8.54. The SMILES string of the molecule is CSCCCCCNC(=O)C1CCCC(C(=O)O)C1. The van der Waals surface area contributed by atoms with E-state index in [-0.39, 0.29) is 17.7 Å². The molecule has 0 aromatic rings. The first kappa shape index (κ1) is 16.3. The number of hydrogen-bond donors (Lipinski definition) is 2. The number of carboxylic acid groups (broad SMARTS) is 1. The highest BCUT2D eigenvalue weighted by molar-refractivity contribution is 7.98. The Hall–Kier alpha value is -0.710. The summed E-state index contributed by atoms with van der Waals surface area (Å²) in [5, 5.41) is 12.0. The largest absolute Gasteiger partial charge is 0.481 e. The number of unbranched alkanes of at least 4 members (excludes halogenated alkanes) is 2. The molecule has 0 aromatic heterocycles. The number of thioether (sulfide) groups is 1. The Morgan fingerprint density at radius 3 is 2.63 bits per heavy atom. The Morgan fingerprint density at radius 2 is 1.95 bits per heavy atom. The van der Waals surface area contributed by atoms with Gasteiger partial charge in [-0.3, -0.25) is 9.59 Å². The van der Waals surface area contributed by atoms with Crippen LogP contribution in [0.2, 0.25) is 0 Å². The lowest BCUT2D eigenvalue weighted by molar-refractivity contribution is -0.144. The molecule has 0 bridgehead atoms. The van der Waals surface area contributed by atoms with Crippen LogP contribution in [0, 0.1) is 11.8 Å². The third kappa shape index (κ3) is 6.32. The van der Waals surface area contributed by atoms with Crippen LogP contribution in [0.5, 0.6) is 0 Å². The van der Waals surface area contributed by atoms with E-state index < -0.39 is 5.97 Å². The maximum absolute atomic E-state index is 11.9. The van der Waals surface area contributed by atoms with Gasteiger partial charge in [0.25, 0.3) is 0 Å². The molecule has 2 unspecified atom stereocenters. The Kier molecular flexibility index (Phi) is 7.94. The fraction of sp³-hybridized carbons (Fsp3) is 0.857. The van der Waals surface area contributed by atoms with Gasteiger partial charge in [0.15, 0.2) is 0 Å². The molecule has 1 rings (SSSR count). The predicted octanol–water partition coefficient (Wildman–Crippen LogP) is 2.53. The summed E-state index contributed by atoms with van der Waals surface area (Å²) in [6.07, 6.45) is 8.36. The van der Waals surface area contributed by atoms with Crippen molar-refractivity contribution in [2.24, 2.45) is 11.8 Å². The average Bonchev–Trinajstić information content (AvgIpc) is 2.42. The summed E-state index contributed by atoms with van der Waals surface area (Å²) < 4.78 is 0. The molecular weight excluding hydrogens is 262 g/mol. The third-order valence-corrected chi connectivity index (χ3v) is 4.42. The zero-order valence-corrected chi connectivity index (χ0v) is 12.5. The zero-order valence-electron chi connectivity index (χ0n) is 11.7. The van der Waals surface area contributed by atoms with E-state index in [0.29, 0.717) is 12.8 Å². The number of hydrogen-bond acceptors (Lipinski definition) is 3. The smallest absolute Gasteiger partial charge is 0.306 e. The molecule has 0 heterocycles. The van der Waals surface area contributed by atoms with Gasteiger partial charge in [-0.15, -0.1) is 0 Å². The number of carboxylic acids is 1. The van der Waals surface area contributed by atoms with Crippen LogP contribution in [0.3, 0.4) is 0 Å². The molecule has 0 spiro atoms. The van der Waals surface area contributed by atoms with Crippen molar-refractivity contribution in [3.63, 3.8) is 0 Å². The van der Waals surface area contributed by atoms with Crippen molar-refractivity contribution in [3.05, 3.63) is 0 Å². The van der Waals surface area contributed by atoms with Gasteiger partial charge in [-0.25, -0.2) is 0 Å². The molecule has 2 N–H and O–H groups in total. The average molecular weight is 287 g/mol. The fourth-order valence-corrected chi connectivity index (χ4v) is 3.05. The summed E-state index contributed by atoms with van der Waals surface area (Å²) in [5.41, 5.74) is 0. The van der Waals surface area contributed by atoms with E-state index in [9.17, 15) is 9.59 Å². The number of nitrogens with one attached hydrogen (secondary N) is 1. The van der Waals surface area contributed by atoms with E-state index in [1.165, 1.54) is 12.2 Å². The summed E-state index contributed by atoms with van der Waals surface area (Å²) >= 11 is 1.85. The van der Waals surface area contributed by atoms with E-state index in [0.717, 1.165) is 32.2 Å². The molecule has 0 aromatic carbocycles. The quantitative estimate of drug-likeness (QED) is 0.673. The highest BCUT2D eigenvalue weighted by Crippen LogP contribution is 2.29. The normalized spacial score (nSPS) is 23.0. The van der Waals surface area contributed by atoms with Crippen molar-refractivity contribution in [2.45, 2.75) is 44.9 Å². The monoisotopic (exact) mass is 287 g/mol. The Morgan fingerprint density at radius 1 is 1.21 bits per heavy atom. The number of amides is 1. The predicted molar refractivity (Wildman–Crippen MR) is 78.3 cm³/mol. The van der Waals surface area contributed by atoms with Crippen LogP contribution in [0.1, 0.15) is 44.9 Å². The van der Waals surface area contributed by atoms with Crippen LogP contribution in [0.4, 0.5) is 0 Å². The first-order chi connectivity index (χ1) is 9.15. The third-order valence-electron chi connectivity index (χ3n) is 3.72. The molecule has 5 heteroatoms. The van der Waals surface area contributed by atoms with Crippen LogP contribution in [0.25, 0.3) is 0 Å². The number of carbonyl (C=O) groups excluding carboxylic acids is 1. The molecule has 4 nitrogen and oxygen atoms in total. The number of rotatable bonds is 8. The van der Waals surface area contributed by atoms with Crippen molar-refractivity contribution < 1.29 is 14.7 Å². The van der Waals surface area contributed by atoms with Crippen molar-refractivity contribution in [1.29, 1.82) is 0 Å². The van der Waals surface area contributed by atoms with Crippen LogP contribution in [0.15, 0.2) is 0 Å². The van der Waals surface area contributed by atoms with E-state index in [1.54, 1.807) is 0 Å². The van der Waals surface area contributed by atoms with Gasteiger partial charge >= 0.3 is 5.97 Å². The molecule has 0 aliphatic heterocycles. The Labute approximate surface area is 119 Å². The van der Waals surface area contributed by atoms with Gasteiger partial charge in [0.1, 0.15) is 0 Å². The summed E-state index contributed by atoms with van der Waals surface area (Å²) in [4.78, 5) is 22.9. The van der Waals surface area contributed by atoms with Gasteiger partial charge in [-0.1, -0.05) is 12.8 Å². The number of carbonyl (C=O) groups is 2. The van der Waals surface area contributed by atoms with Gasteiger partial charge < -0.3 is 10.4 Å². The van der Waals surface area contributed by atoms with Crippen LogP contribution < -0.4 is 5.32 Å². The lowest BCUT2D eigenvalue weighted by Crippen LogP contribution is -2.35.